The quantitative estimate of drug-likeness (QED) is 0.496. The van der Waals surface area contributed by atoms with Gasteiger partial charge in [-0.05, 0) is 32.6 Å². The molecule has 1 N–H and O–H groups in total. The normalized spacial score (nSPS) is 15.7. The monoisotopic (exact) mass is 292 g/mol. The molecule has 0 heterocycles. The molecule has 0 saturated carbocycles. The van der Waals surface area contributed by atoms with Crippen molar-refractivity contribution in [2.75, 3.05) is 6.61 Å². The Kier molecular flexibility index (Phi) is 9.90. The first-order valence-corrected chi connectivity index (χ1v) is 9.64. The molecule has 3 heteroatoms. The molecule has 0 aromatic heterocycles. The second-order valence-corrected chi connectivity index (χ2v) is 8.70. The van der Waals surface area contributed by atoms with Crippen LogP contribution in [-0.4, -0.2) is 21.2 Å². The van der Waals surface area contributed by atoms with E-state index in [2.05, 4.69) is 34.6 Å². The molecule has 0 fully saturated rings. The maximum absolute atomic E-state index is 9.84. The topological polar surface area (TPSA) is 20.2 Å². The molecule has 0 saturated heterocycles. The standard InChI is InChI=1S/C15H32OS2/c1-6-10-12-15(13-16,11-7-2)18-17-14(5,8-3)9-4/h16H,6-13H2,1-5H3. The van der Waals surface area contributed by atoms with E-state index in [0.717, 1.165) is 19.3 Å². The lowest BCUT2D eigenvalue weighted by Gasteiger charge is -2.35. The smallest absolute Gasteiger partial charge is 0.0586 e. The summed E-state index contributed by atoms with van der Waals surface area (Å²) in [6.07, 6.45) is 8.27. The summed E-state index contributed by atoms with van der Waals surface area (Å²) in [7, 11) is 3.96. The third-order valence-corrected chi connectivity index (χ3v) is 8.37. The fourth-order valence-electron chi connectivity index (χ4n) is 1.90. The number of unbranched alkanes of at least 4 members (excludes halogenated alkanes) is 1. The first-order chi connectivity index (χ1) is 8.51. The van der Waals surface area contributed by atoms with Crippen molar-refractivity contribution in [3.8, 4) is 0 Å². The minimum atomic E-state index is 0.0844. The summed E-state index contributed by atoms with van der Waals surface area (Å²) in [5.41, 5.74) is 0. The van der Waals surface area contributed by atoms with Crippen LogP contribution < -0.4 is 0 Å². The molecule has 1 unspecified atom stereocenters. The first-order valence-electron chi connectivity index (χ1n) is 7.49. The molecule has 0 aromatic rings. The molecular weight excluding hydrogens is 260 g/mol. The SMILES string of the molecule is CCCCC(CO)(CCC)SSC(C)(CC)CC. The van der Waals surface area contributed by atoms with Crippen LogP contribution >= 0.6 is 21.6 Å². The molecule has 0 spiro atoms. The lowest BCUT2D eigenvalue weighted by molar-refractivity contribution is 0.231. The second-order valence-electron chi connectivity index (χ2n) is 5.52. The summed E-state index contributed by atoms with van der Waals surface area (Å²) < 4.78 is 0.437. The number of hydrogen-bond donors (Lipinski definition) is 1. The first kappa shape index (κ1) is 18.7. The molecule has 0 radical (unpaired) electrons. The molecule has 0 aliphatic carbocycles. The van der Waals surface area contributed by atoms with E-state index in [0.29, 0.717) is 11.4 Å². The van der Waals surface area contributed by atoms with Gasteiger partial charge < -0.3 is 5.11 Å². The second kappa shape index (κ2) is 9.55. The van der Waals surface area contributed by atoms with Crippen LogP contribution in [0.25, 0.3) is 0 Å². The van der Waals surface area contributed by atoms with Crippen molar-refractivity contribution < 1.29 is 5.11 Å². The minimum Gasteiger partial charge on any atom is -0.395 e. The summed E-state index contributed by atoms with van der Waals surface area (Å²) in [6.45, 7) is 11.7. The summed E-state index contributed by atoms with van der Waals surface area (Å²) in [5.74, 6) is 0. The third kappa shape index (κ3) is 6.21. The molecule has 1 atom stereocenters. The predicted octanol–water partition coefficient (Wildman–Crippen LogP) is 5.67. The zero-order valence-electron chi connectivity index (χ0n) is 12.9. The minimum absolute atomic E-state index is 0.0844. The highest BCUT2D eigenvalue weighted by Gasteiger charge is 2.32. The van der Waals surface area contributed by atoms with Crippen molar-refractivity contribution >= 4 is 21.6 Å². The van der Waals surface area contributed by atoms with Gasteiger partial charge in [0, 0.05) is 9.49 Å². The fourth-order valence-corrected chi connectivity index (χ4v) is 5.58. The molecule has 0 aliphatic rings. The molecule has 0 amide bonds. The zero-order valence-corrected chi connectivity index (χ0v) is 14.6. The van der Waals surface area contributed by atoms with E-state index < -0.39 is 0 Å². The number of aliphatic hydroxyl groups is 1. The van der Waals surface area contributed by atoms with E-state index in [1.165, 1.54) is 25.7 Å². The van der Waals surface area contributed by atoms with Gasteiger partial charge >= 0.3 is 0 Å². The van der Waals surface area contributed by atoms with Crippen LogP contribution in [0.1, 0.15) is 79.6 Å². The average Bonchev–Trinajstić information content (AvgIpc) is 2.41. The van der Waals surface area contributed by atoms with Gasteiger partial charge in [0.2, 0.25) is 0 Å². The van der Waals surface area contributed by atoms with Crippen LogP contribution in [0.15, 0.2) is 0 Å². The molecular formula is C15H32OS2. The van der Waals surface area contributed by atoms with Gasteiger partial charge in [0.1, 0.15) is 0 Å². The molecule has 0 rings (SSSR count). The van der Waals surface area contributed by atoms with Gasteiger partial charge in [-0.15, -0.1) is 0 Å². The molecule has 110 valence electrons. The summed E-state index contributed by atoms with van der Waals surface area (Å²) >= 11 is 0. The van der Waals surface area contributed by atoms with Crippen molar-refractivity contribution in [2.24, 2.45) is 0 Å². The van der Waals surface area contributed by atoms with Gasteiger partial charge in [0.05, 0.1) is 6.61 Å². The van der Waals surface area contributed by atoms with Crippen LogP contribution in [-0.2, 0) is 0 Å². The Morgan fingerprint density at radius 1 is 0.889 bits per heavy atom. The molecule has 0 aromatic carbocycles. The van der Waals surface area contributed by atoms with Gasteiger partial charge in [0.25, 0.3) is 0 Å². The van der Waals surface area contributed by atoms with Crippen LogP contribution in [0.3, 0.4) is 0 Å². The maximum Gasteiger partial charge on any atom is 0.0586 e. The highest BCUT2D eigenvalue weighted by molar-refractivity contribution is 8.77. The van der Waals surface area contributed by atoms with E-state index in [4.69, 9.17) is 0 Å². The molecule has 18 heavy (non-hydrogen) atoms. The lowest BCUT2D eigenvalue weighted by Crippen LogP contribution is -2.30. The predicted molar refractivity (Wildman–Crippen MR) is 88.4 cm³/mol. The maximum atomic E-state index is 9.84. The lowest BCUT2D eigenvalue weighted by atomic mass is 9.97. The van der Waals surface area contributed by atoms with E-state index in [9.17, 15) is 5.11 Å². The van der Waals surface area contributed by atoms with Crippen molar-refractivity contribution in [1.29, 1.82) is 0 Å². The van der Waals surface area contributed by atoms with Gasteiger partial charge in [-0.2, -0.15) is 0 Å². The van der Waals surface area contributed by atoms with Gasteiger partial charge in [-0.1, -0.05) is 68.5 Å². The van der Waals surface area contributed by atoms with Crippen LogP contribution in [0, 0.1) is 0 Å². The van der Waals surface area contributed by atoms with Crippen LogP contribution in [0.2, 0.25) is 0 Å². The third-order valence-electron chi connectivity index (χ3n) is 3.90. The average molecular weight is 293 g/mol. The highest BCUT2D eigenvalue weighted by Crippen LogP contribution is 2.50. The molecule has 0 bridgehead atoms. The number of aliphatic hydroxyl groups excluding tert-OH is 1. The van der Waals surface area contributed by atoms with E-state index >= 15 is 0 Å². The van der Waals surface area contributed by atoms with Crippen molar-refractivity contribution in [2.45, 2.75) is 89.1 Å². The Morgan fingerprint density at radius 3 is 1.89 bits per heavy atom. The van der Waals surface area contributed by atoms with E-state index in [-0.39, 0.29) is 4.75 Å². The van der Waals surface area contributed by atoms with E-state index in [1.54, 1.807) is 0 Å². The van der Waals surface area contributed by atoms with Crippen molar-refractivity contribution in [3.63, 3.8) is 0 Å². The number of hydrogen-bond acceptors (Lipinski definition) is 3. The van der Waals surface area contributed by atoms with Crippen molar-refractivity contribution in [3.05, 3.63) is 0 Å². The summed E-state index contributed by atoms with van der Waals surface area (Å²) in [6, 6.07) is 0. The van der Waals surface area contributed by atoms with Crippen molar-refractivity contribution in [1.82, 2.24) is 0 Å². The fraction of sp³-hybridized carbons (Fsp3) is 1.00. The largest absolute Gasteiger partial charge is 0.395 e. The Bertz CT molecular complexity index is 205. The number of rotatable bonds is 11. The summed E-state index contributed by atoms with van der Waals surface area (Å²) in [4.78, 5) is 0. The van der Waals surface area contributed by atoms with Gasteiger partial charge in [0.15, 0.2) is 0 Å². The zero-order chi connectivity index (χ0) is 14.1. The Balaban J connectivity index is 4.56. The van der Waals surface area contributed by atoms with Crippen LogP contribution in [0.5, 0.6) is 0 Å². The molecule has 1 nitrogen and oxygen atoms in total. The van der Waals surface area contributed by atoms with Gasteiger partial charge in [-0.25, -0.2) is 0 Å². The summed E-state index contributed by atoms with van der Waals surface area (Å²) in [5, 5.41) is 9.84. The molecule has 0 aliphatic heterocycles. The Labute approximate surface area is 122 Å². The van der Waals surface area contributed by atoms with Gasteiger partial charge in [-0.3, -0.25) is 0 Å². The highest BCUT2D eigenvalue weighted by atomic mass is 33.1. The Hall–Kier alpha value is 0.660. The Morgan fingerprint density at radius 2 is 1.50 bits per heavy atom. The van der Waals surface area contributed by atoms with Crippen LogP contribution in [0.4, 0.5) is 0 Å². The van der Waals surface area contributed by atoms with E-state index in [1.807, 2.05) is 21.6 Å².